The van der Waals surface area contributed by atoms with Gasteiger partial charge in [-0.05, 0) is 30.9 Å². The average Bonchev–Trinajstić information content (AvgIpc) is 2.48. The standard InChI is InChI=1S/C11H14ClNO/c12-10-4-2-1-3-9(10)11(13)6-5-8(14)7-11/h1-4,8,14H,5-7,13H2. The summed E-state index contributed by atoms with van der Waals surface area (Å²) in [6.45, 7) is 0. The van der Waals surface area contributed by atoms with Crippen molar-refractivity contribution in [1.82, 2.24) is 0 Å². The Hall–Kier alpha value is -0.570. The van der Waals surface area contributed by atoms with Gasteiger partial charge in [0.15, 0.2) is 0 Å². The zero-order valence-electron chi connectivity index (χ0n) is 7.91. The lowest BCUT2D eigenvalue weighted by Gasteiger charge is -2.25. The van der Waals surface area contributed by atoms with Crippen molar-refractivity contribution in [3.63, 3.8) is 0 Å². The zero-order chi connectivity index (χ0) is 10.2. The number of benzene rings is 1. The molecule has 2 atom stereocenters. The molecule has 1 aromatic carbocycles. The van der Waals surface area contributed by atoms with Crippen LogP contribution in [0.15, 0.2) is 24.3 Å². The van der Waals surface area contributed by atoms with E-state index in [4.69, 9.17) is 17.3 Å². The third-order valence-corrected chi connectivity index (χ3v) is 3.26. The predicted octanol–water partition coefficient (Wildman–Crippen LogP) is 2.04. The van der Waals surface area contributed by atoms with Crippen molar-refractivity contribution in [2.75, 3.05) is 0 Å². The quantitative estimate of drug-likeness (QED) is 0.747. The van der Waals surface area contributed by atoms with E-state index in [9.17, 15) is 5.11 Å². The Labute approximate surface area is 88.7 Å². The molecule has 2 rings (SSSR count). The third-order valence-electron chi connectivity index (χ3n) is 2.93. The first kappa shape index (κ1) is 9.97. The molecule has 1 aromatic rings. The Morgan fingerprint density at radius 2 is 2.14 bits per heavy atom. The highest BCUT2D eigenvalue weighted by atomic mass is 35.5. The molecule has 0 heterocycles. The number of nitrogens with two attached hydrogens (primary N) is 1. The minimum Gasteiger partial charge on any atom is -0.393 e. The molecule has 0 aliphatic heterocycles. The molecular weight excluding hydrogens is 198 g/mol. The van der Waals surface area contributed by atoms with Gasteiger partial charge in [0, 0.05) is 10.6 Å². The van der Waals surface area contributed by atoms with Gasteiger partial charge >= 0.3 is 0 Å². The fourth-order valence-corrected chi connectivity index (χ4v) is 2.48. The van der Waals surface area contributed by atoms with E-state index in [1.165, 1.54) is 0 Å². The summed E-state index contributed by atoms with van der Waals surface area (Å²) in [5, 5.41) is 10.2. The van der Waals surface area contributed by atoms with Gasteiger partial charge in [-0.1, -0.05) is 29.8 Å². The van der Waals surface area contributed by atoms with Crippen LogP contribution in [0.3, 0.4) is 0 Å². The highest BCUT2D eigenvalue weighted by molar-refractivity contribution is 6.31. The summed E-state index contributed by atoms with van der Waals surface area (Å²) < 4.78 is 0. The van der Waals surface area contributed by atoms with Crippen LogP contribution in [0.5, 0.6) is 0 Å². The molecule has 1 aliphatic rings. The molecule has 2 unspecified atom stereocenters. The maximum atomic E-state index is 9.49. The van der Waals surface area contributed by atoms with Crippen molar-refractivity contribution in [1.29, 1.82) is 0 Å². The average molecular weight is 212 g/mol. The second-order valence-corrected chi connectivity index (χ2v) is 4.44. The van der Waals surface area contributed by atoms with E-state index in [0.29, 0.717) is 11.4 Å². The van der Waals surface area contributed by atoms with Crippen LogP contribution in [0.1, 0.15) is 24.8 Å². The summed E-state index contributed by atoms with van der Waals surface area (Å²) >= 11 is 6.08. The topological polar surface area (TPSA) is 46.2 Å². The highest BCUT2D eigenvalue weighted by Crippen LogP contribution is 2.39. The minimum absolute atomic E-state index is 0.281. The van der Waals surface area contributed by atoms with Gasteiger partial charge in [-0.15, -0.1) is 0 Å². The van der Waals surface area contributed by atoms with Gasteiger partial charge < -0.3 is 10.8 Å². The second-order valence-electron chi connectivity index (χ2n) is 4.03. The summed E-state index contributed by atoms with van der Waals surface area (Å²) in [7, 11) is 0. The Morgan fingerprint density at radius 3 is 2.71 bits per heavy atom. The number of hydrogen-bond acceptors (Lipinski definition) is 2. The first-order valence-corrected chi connectivity index (χ1v) is 5.21. The van der Waals surface area contributed by atoms with Gasteiger partial charge in [0.2, 0.25) is 0 Å². The maximum absolute atomic E-state index is 9.49. The fourth-order valence-electron chi connectivity index (χ4n) is 2.16. The SMILES string of the molecule is NC1(c2ccccc2Cl)CCC(O)C1. The molecule has 1 saturated carbocycles. The minimum atomic E-state index is -0.433. The molecule has 1 aliphatic carbocycles. The summed E-state index contributed by atoms with van der Waals surface area (Å²) in [6, 6.07) is 7.61. The van der Waals surface area contributed by atoms with Crippen LogP contribution in [0.2, 0.25) is 5.02 Å². The van der Waals surface area contributed by atoms with E-state index in [1.807, 2.05) is 24.3 Å². The van der Waals surface area contributed by atoms with Crippen LogP contribution in [-0.4, -0.2) is 11.2 Å². The van der Waals surface area contributed by atoms with Crippen molar-refractivity contribution < 1.29 is 5.11 Å². The lowest BCUT2D eigenvalue weighted by atomic mass is 9.89. The molecule has 1 fully saturated rings. The van der Waals surface area contributed by atoms with Gasteiger partial charge in [-0.25, -0.2) is 0 Å². The Balaban J connectivity index is 2.35. The summed E-state index contributed by atoms with van der Waals surface area (Å²) in [5.41, 5.74) is 6.75. The van der Waals surface area contributed by atoms with Crippen molar-refractivity contribution in [3.05, 3.63) is 34.9 Å². The molecule has 2 nitrogen and oxygen atoms in total. The number of aliphatic hydroxyl groups is 1. The van der Waals surface area contributed by atoms with E-state index in [-0.39, 0.29) is 6.10 Å². The van der Waals surface area contributed by atoms with Gasteiger partial charge in [-0.2, -0.15) is 0 Å². The normalized spacial score (nSPS) is 32.1. The molecular formula is C11H14ClNO. The van der Waals surface area contributed by atoms with Crippen LogP contribution < -0.4 is 5.73 Å². The number of halogens is 1. The molecule has 3 N–H and O–H groups in total. The first-order chi connectivity index (χ1) is 6.62. The van der Waals surface area contributed by atoms with Crippen LogP contribution >= 0.6 is 11.6 Å². The van der Waals surface area contributed by atoms with E-state index in [2.05, 4.69) is 0 Å². The zero-order valence-corrected chi connectivity index (χ0v) is 8.67. The Bertz CT molecular complexity index is 342. The van der Waals surface area contributed by atoms with Gasteiger partial charge in [-0.3, -0.25) is 0 Å². The van der Waals surface area contributed by atoms with Gasteiger partial charge in [0.25, 0.3) is 0 Å². The monoisotopic (exact) mass is 211 g/mol. The molecule has 0 amide bonds. The Morgan fingerprint density at radius 1 is 1.43 bits per heavy atom. The van der Waals surface area contributed by atoms with Crippen LogP contribution in [-0.2, 0) is 5.54 Å². The van der Waals surface area contributed by atoms with E-state index in [0.717, 1.165) is 18.4 Å². The molecule has 0 spiro atoms. The molecule has 76 valence electrons. The molecule has 3 heteroatoms. The van der Waals surface area contributed by atoms with Gasteiger partial charge in [0.05, 0.1) is 6.10 Å². The van der Waals surface area contributed by atoms with Crippen LogP contribution in [0.4, 0.5) is 0 Å². The summed E-state index contributed by atoms with van der Waals surface area (Å²) in [6.07, 6.45) is 1.90. The Kier molecular flexibility index (Phi) is 2.52. The molecule has 0 bridgehead atoms. The predicted molar refractivity (Wildman–Crippen MR) is 57.2 cm³/mol. The third kappa shape index (κ3) is 1.65. The van der Waals surface area contributed by atoms with E-state index >= 15 is 0 Å². The van der Waals surface area contributed by atoms with Crippen molar-refractivity contribution in [2.45, 2.75) is 30.9 Å². The largest absolute Gasteiger partial charge is 0.393 e. The second kappa shape index (κ2) is 3.54. The number of rotatable bonds is 1. The van der Waals surface area contributed by atoms with Gasteiger partial charge in [0.1, 0.15) is 0 Å². The summed E-state index contributed by atoms with van der Waals surface area (Å²) in [4.78, 5) is 0. The number of aliphatic hydroxyl groups excluding tert-OH is 1. The molecule has 0 aromatic heterocycles. The first-order valence-electron chi connectivity index (χ1n) is 4.84. The van der Waals surface area contributed by atoms with E-state index in [1.54, 1.807) is 0 Å². The van der Waals surface area contributed by atoms with E-state index < -0.39 is 5.54 Å². The van der Waals surface area contributed by atoms with Crippen LogP contribution in [0.25, 0.3) is 0 Å². The summed E-state index contributed by atoms with van der Waals surface area (Å²) in [5.74, 6) is 0. The molecule has 14 heavy (non-hydrogen) atoms. The number of hydrogen-bond donors (Lipinski definition) is 2. The van der Waals surface area contributed by atoms with Crippen molar-refractivity contribution >= 4 is 11.6 Å². The smallest absolute Gasteiger partial charge is 0.0561 e. The van der Waals surface area contributed by atoms with Crippen LogP contribution in [0, 0.1) is 0 Å². The molecule has 0 radical (unpaired) electrons. The van der Waals surface area contributed by atoms with Crippen molar-refractivity contribution in [2.24, 2.45) is 5.73 Å². The fraction of sp³-hybridized carbons (Fsp3) is 0.455. The lowest BCUT2D eigenvalue weighted by Crippen LogP contribution is -2.34. The lowest BCUT2D eigenvalue weighted by molar-refractivity contribution is 0.174. The maximum Gasteiger partial charge on any atom is 0.0561 e. The molecule has 0 saturated heterocycles. The highest BCUT2D eigenvalue weighted by Gasteiger charge is 2.37. The van der Waals surface area contributed by atoms with Crippen molar-refractivity contribution in [3.8, 4) is 0 Å².